The fourth-order valence-corrected chi connectivity index (χ4v) is 3.99. The third-order valence-corrected chi connectivity index (χ3v) is 4.88. The second-order valence-electron chi connectivity index (χ2n) is 6.16. The minimum Gasteiger partial charge on any atom is -0.455 e. The van der Waals surface area contributed by atoms with E-state index in [1.165, 1.54) is 6.42 Å². The van der Waals surface area contributed by atoms with Gasteiger partial charge in [-0.3, -0.25) is 0 Å². The summed E-state index contributed by atoms with van der Waals surface area (Å²) in [6, 6.07) is 0. The molecule has 0 radical (unpaired) electrons. The van der Waals surface area contributed by atoms with Crippen LogP contribution in [0, 0.1) is 5.92 Å². The Hall–Kier alpha value is -0.830. The third kappa shape index (κ3) is 1.89. The van der Waals surface area contributed by atoms with Gasteiger partial charge < -0.3 is 9.47 Å². The monoisotopic (exact) mass is 250 g/mol. The Morgan fingerprint density at radius 2 is 2.06 bits per heavy atom. The summed E-state index contributed by atoms with van der Waals surface area (Å²) in [5.41, 5.74) is 0.251. The highest BCUT2D eigenvalue weighted by Gasteiger charge is 2.54. The summed E-state index contributed by atoms with van der Waals surface area (Å²) in [4.78, 5) is 11.9. The molecular formula is C15H22O3. The Balaban J connectivity index is 1.79. The standard InChI is InChI=1S/C15H22O3/c1-10(2)14(16)18-15(7-3-4-8-15)12-9-11-5-6-13(12)17-11/h11-13H,1,3-9H2,2H3. The van der Waals surface area contributed by atoms with E-state index in [1.807, 2.05) is 0 Å². The van der Waals surface area contributed by atoms with Crippen LogP contribution in [-0.2, 0) is 14.3 Å². The van der Waals surface area contributed by atoms with Gasteiger partial charge in [-0.2, -0.15) is 0 Å². The Morgan fingerprint density at radius 3 is 2.56 bits per heavy atom. The van der Waals surface area contributed by atoms with Gasteiger partial charge >= 0.3 is 5.97 Å². The van der Waals surface area contributed by atoms with Crippen molar-refractivity contribution >= 4 is 5.97 Å². The molecule has 3 heteroatoms. The van der Waals surface area contributed by atoms with Gasteiger partial charge in [0.05, 0.1) is 12.2 Å². The maximum Gasteiger partial charge on any atom is 0.333 e. The number of hydrogen-bond donors (Lipinski definition) is 0. The minimum atomic E-state index is -0.254. The summed E-state index contributed by atoms with van der Waals surface area (Å²) in [5.74, 6) is 0.196. The number of ether oxygens (including phenoxy) is 2. The number of hydrogen-bond acceptors (Lipinski definition) is 3. The molecule has 2 aliphatic heterocycles. The van der Waals surface area contributed by atoms with Crippen molar-refractivity contribution in [2.24, 2.45) is 5.92 Å². The van der Waals surface area contributed by atoms with Crippen LogP contribution in [0.2, 0.25) is 0 Å². The lowest BCUT2D eigenvalue weighted by Gasteiger charge is -2.38. The Labute approximate surface area is 109 Å². The van der Waals surface area contributed by atoms with Gasteiger partial charge in [-0.25, -0.2) is 4.79 Å². The van der Waals surface area contributed by atoms with Crippen LogP contribution in [0.15, 0.2) is 12.2 Å². The van der Waals surface area contributed by atoms with Crippen molar-refractivity contribution in [3.8, 4) is 0 Å². The van der Waals surface area contributed by atoms with Crippen LogP contribution >= 0.6 is 0 Å². The van der Waals surface area contributed by atoms with E-state index < -0.39 is 0 Å². The summed E-state index contributed by atoms with van der Waals surface area (Å²) in [7, 11) is 0. The third-order valence-electron chi connectivity index (χ3n) is 4.88. The van der Waals surface area contributed by atoms with Crippen LogP contribution in [-0.4, -0.2) is 23.8 Å². The van der Waals surface area contributed by atoms with Gasteiger partial charge in [0.15, 0.2) is 0 Å². The molecule has 2 heterocycles. The van der Waals surface area contributed by atoms with Crippen molar-refractivity contribution in [3.05, 3.63) is 12.2 Å². The predicted octanol–water partition coefficient (Wildman–Crippen LogP) is 2.99. The average Bonchev–Trinajstić information content (AvgIpc) is 3.04. The predicted molar refractivity (Wildman–Crippen MR) is 68.1 cm³/mol. The van der Waals surface area contributed by atoms with Crippen molar-refractivity contribution in [2.45, 2.75) is 69.7 Å². The largest absolute Gasteiger partial charge is 0.455 e. The Morgan fingerprint density at radius 1 is 1.33 bits per heavy atom. The highest BCUT2D eigenvalue weighted by atomic mass is 16.6. The van der Waals surface area contributed by atoms with Gasteiger partial charge in [0.25, 0.3) is 0 Å². The quantitative estimate of drug-likeness (QED) is 0.570. The molecule has 3 rings (SSSR count). The number of carbonyl (C=O) groups is 1. The molecule has 3 nitrogen and oxygen atoms in total. The molecule has 100 valence electrons. The normalized spacial score (nSPS) is 36.8. The topological polar surface area (TPSA) is 35.5 Å². The smallest absolute Gasteiger partial charge is 0.333 e. The Bertz CT molecular complexity index is 368. The molecule has 0 amide bonds. The van der Waals surface area contributed by atoms with Gasteiger partial charge in [0.1, 0.15) is 5.60 Å². The molecule has 2 bridgehead atoms. The number of carbonyl (C=O) groups excluding carboxylic acids is 1. The van der Waals surface area contributed by atoms with E-state index in [4.69, 9.17) is 9.47 Å². The maximum absolute atomic E-state index is 11.9. The molecule has 0 aromatic carbocycles. The zero-order valence-electron chi connectivity index (χ0n) is 11.1. The van der Waals surface area contributed by atoms with Crippen LogP contribution < -0.4 is 0 Å². The van der Waals surface area contributed by atoms with E-state index in [0.717, 1.165) is 38.5 Å². The van der Waals surface area contributed by atoms with Crippen molar-refractivity contribution in [3.63, 3.8) is 0 Å². The summed E-state index contributed by atoms with van der Waals surface area (Å²) < 4.78 is 11.8. The average molecular weight is 250 g/mol. The zero-order valence-corrected chi connectivity index (χ0v) is 11.1. The lowest BCUT2D eigenvalue weighted by atomic mass is 9.75. The van der Waals surface area contributed by atoms with Gasteiger partial charge in [0.2, 0.25) is 0 Å². The van der Waals surface area contributed by atoms with E-state index in [1.54, 1.807) is 6.92 Å². The van der Waals surface area contributed by atoms with E-state index in [0.29, 0.717) is 23.7 Å². The van der Waals surface area contributed by atoms with E-state index >= 15 is 0 Å². The first kappa shape index (κ1) is 12.2. The summed E-state index contributed by atoms with van der Waals surface area (Å²) in [6.07, 6.45) is 8.48. The number of rotatable bonds is 3. The highest BCUT2D eigenvalue weighted by Crippen LogP contribution is 2.51. The first-order chi connectivity index (χ1) is 8.61. The number of fused-ring (bicyclic) bond motifs is 2. The van der Waals surface area contributed by atoms with E-state index in [2.05, 4.69) is 6.58 Å². The first-order valence-corrected chi connectivity index (χ1v) is 7.15. The molecule has 3 aliphatic rings. The van der Waals surface area contributed by atoms with Gasteiger partial charge in [-0.1, -0.05) is 6.58 Å². The molecule has 0 spiro atoms. The molecule has 3 atom stereocenters. The maximum atomic E-state index is 11.9. The second kappa shape index (κ2) is 4.37. The van der Waals surface area contributed by atoms with Crippen LogP contribution in [0.4, 0.5) is 0 Å². The molecule has 3 unspecified atom stereocenters. The summed E-state index contributed by atoms with van der Waals surface area (Å²) in [5, 5.41) is 0. The summed E-state index contributed by atoms with van der Waals surface area (Å²) in [6.45, 7) is 5.42. The molecule has 0 aromatic rings. The molecule has 18 heavy (non-hydrogen) atoms. The van der Waals surface area contributed by atoms with Crippen molar-refractivity contribution in [2.75, 3.05) is 0 Å². The Kier molecular flexibility index (Phi) is 2.97. The molecule has 0 N–H and O–H groups in total. The van der Waals surface area contributed by atoms with Gasteiger partial charge in [-0.05, 0) is 51.9 Å². The van der Waals surface area contributed by atoms with Crippen molar-refractivity contribution in [1.29, 1.82) is 0 Å². The van der Waals surface area contributed by atoms with E-state index in [-0.39, 0.29) is 11.6 Å². The lowest BCUT2D eigenvalue weighted by molar-refractivity contribution is -0.163. The minimum absolute atomic E-state index is 0.223. The van der Waals surface area contributed by atoms with Crippen molar-refractivity contribution in [1.82, 2.24) is 0 Å². The van der Waals surface area contributed by atoms with Crippen LogP contribution in [0.5, 0.6) is 0 Å². The molecular weight excluding hydrogens is 228 g/mol. The number of esters is 1. The lowest BCUT2D eigenvalue weighted by Crippen LogP contribution is -2.44. The zero-order chi connectivity index (χ0) is 12.8. The van der Waals surface area contributed by atoms with Gasteiger partial charge in [-0.15, -0.1) is 0 Å². The van der Waals surface area contributed by atoms with E-state index in [9.17, 15) is 4.79 Å². The van der Waals surface area contributed by atoms with Gasteiger partial charge in [0, 0.05) is 11.5 Å². The molecule has 1 aliphatic carbocycles. The van der Waals surface area contributed by atoms with Crippen LogP contribution in [0.3, 0.4) is 0 Å². The second-order valence-corrected chi connectivity index (χ2v) is 6.16. The summed E-state index contributed by atoms with van der Waals surface area (Å²) >= 11 is 0. The SMILES string of the molecule is C=C(C)C(=O)OC1(C2CC3CCC2O3)CCCC1. The molecule has 0 aromatic heterocycles. The fraction of sp³-hybridized carbons (Fsp3) is 0.800. The highest BCUT2D eigenvalue weighted by molar-refractivity contribution is 5.87. The van der Waals surface area contributed by atoms with Crippen LogP contribution in [0.25, 0.3) is 0 Å². The molecule has 1 saturated carbocycles. The van der Waals surface area contributed by atoms with Crippen molar-refractivity contribution < 1.29 is 14.3 Å². The molecule has 3 fully saturated rings. The first-order valence-electron chi connectivity index (χ1n) is 7.15. The fourth-order valence-electron chi connectivity index (χ4n) is 3.99. The molecule has 2 saturated heterocycles. The van der Waals surface area contributed by atoms with Crippen LogP contribution in [0.1, 0.15) is 51.9 Å².